The fourth-order valence-electron chi connectivity index (χ4n) is 5.78. The van der Waals surface area contributed by atoms with Crippen molar-refractivity contribution in [2.45, 2.75) is 38.5 Å². The summed E-state index contributed by atoms with van der Waals surface area (Å²) < 4.78 is 31.5. The summed E-state index contributed by atoms with van der Waals surface area (Å²) in [7, 11) is 9.15. The van der Waals surface area contributed by atoms with Gasteiger partial charge in [-0.25, -0.2) is 4.52 Å². The van der Waals surface area contributed by atoms with Gasteiger partial charge in [-0.1, -0.05) is 6.07 Å². The van der Waals surface area contributed by atoms with Crippen molar-refractivity contribution in [1.82, 2.24) is 14.1 Å². The minimum absolute atomic E-state index is 0.398. The maximum absolute atomic E-state index is 5.88. The molecule has 194 valence electrons. The van der Waals surface area contributed by atoms with E-state index in [2.05, 4.69) is 25.2 Å². The van der Waals surface area contributed by atoms with Gasteiger partial charge in [0.25, 0.3) is 0 Å². The molecule has 1 saturated heterocycles. The Labute approximate surface area is 213 Å². The third kappa shape index (κ3) is 4.47. The Morgan fingerprint density at radius 3 is 2.31 bits per heavy atom. The Hall–Kier alpha value is -2.65. The molecule has 1 aliphatic heterocycles. The second kappa shape index (κ2) is 10.4. The van der Waals surface area contributed by atoms with Crippen LogP contribution in [0.4, 0.5) is 5.69 Å². The van der Waals surface area contributed by atoms with Crippen LogP contribution >= 0.6 is 0 Å². The van der Waals surface area contributed by atoms with Crippen molar-refractivity contribution in [2.24, 2.45) is 5.92 Å². The normalized spacial score (nSPS) is 19.5. The van der Waals surface area contributed by atoms with Crippen molar-refractivity contribution in [3.63, 3.8) is 0 Å². The molecule has 2 atom stereocenters. The van der Waals surface area contributed by atoms with Gasteiger partial charge in [-0.3, -0.25) is 4.48 Å². The molecule has 8 nitrogen and oxygen atoms in total. The molecular formula is C28H38N3O5+. The second-order valence-corrected chi connectivity index (χ2v) is 10.2. The average molecular weight is 497 g/mol. The first-order valence-electron chi connectivity index (χ1n) is 12.7. The number of hydrogen-bond donors (Lipinski definition) is 0. The highest BCUT2D eigenvalue weighted by Gasteiger charge is 2.45. The van der Waals surface area contributed by atoms with E-state index < -0.39 is 0 Å². The highest BCUT2D eigenvalue weighted by atomic mass is 16.5. The van der Waals surface area contributed by atoms with Gasteiger partial charge in [0.2, 0.25) is 0 Å². The lowest BCUT2D eigenvalue weighted by Gasteiger charge is -2.39. The summed E-state index contributed by atoms with van der Waals surface area (Å²) in [5.41, 5.74) is 6.04. The van der Waals surface area contributed by atoms with Crippen LogP contribution in [0.1, 0.15) is 30.5 Å². The molecule has 0 bridgehead atoms. The van der Waals surface area contributed by atoms with Gasteiger partial charge in [0, 0.05) is 26.6 Å². The minimum atomic E-state index is 0.398. The number of quaternary nitrogens is 1. The van der Waals surface area contributed by atoms with Crippen LogP contribution in [-0.2, 0) is 27.4 Å². The Morgan fingerprint density at radius 2 is 1.72 bits per heavy atom. The van der Waals surface area contributed by atoms with E-state index in [1.165, 1.54) is 18.5 Å². The second-order valence-electron chi connectivity index (χ2n) is 10.2. The minimum Gasteiger partial charge on any atom is -0.496 e. The molecule has 2 fully saturated rings. The molecule has 2 aromatic heterocycles. The number of methoxy groups -OCH3 is 4. The van der Waals surface area contributed by atoms with Crippen LogP contribution in [0.25, 0.3) is 16.8 Å². The molecule has 3 aromatic rings. The van der Waals surface area contributed by atoms with Crippen molar-refractivity contribution in [1.29, 1.82) is 0 Å². The van der Waals surface area contributed by atoms with Crippen LogP contribution in [0.2, 0.25) is 0 Å². The fourth-order valence-corrected chi connectivity index (χ4v) is 5.78. The topological polar surface area (TPSA) is 63.5 Å². The quantitative estimate of drug-likeness (QED) is 0.366. The molecule has 2 unspecified atom stereocenters. The third-order valence-electron chi connectivity index (χ3n) is 7.67. The summed E-state index contributed by atoms with van der Waals surface area (Å²) in [4.78, 5) is 0. The zero-order valence-corrected chi connectivity index (χ0v) is 22.1. The van der Waals surface area contributed by atoms with Crippen LogP contribution in [-0.4, -0.2) is 70.9 Å². The van der Waals surface area contributed by atoms with Crippen LogP contribution < -0.4 is 14.0 Å². The first-order valence-corrected chi connectivity index (χ1v) is 12.7. The van der Waals surface area contributed by atoms with Crippen LogP contribution in [0, 0.1) is 5.92 Å². The lowest BCUT2D eigenvalue weighted by molar-refractivity contribution is 0.153. The van der Waals surface area contributed by atoms with Crippen LogP contribution in [0.3, 0.4) is 0 Å². The number of ether oxygens (including phenoxy) is 5. The Morgan fingerprint density at radius 1 is 1.00 bits per heavy atom. The van der Waals surface area contributed by atoms with Crippen LogP contribution in [0.5, 0.6) is 11.5 Å². The Balaban J connectivity index is 1.74. The molecule has 1 saturated carbocycles. The fraction of sp³-hybridized carbons (Fsp3) is 0.536. The van der Waals surface area contributed by atoms with Crippen LogP contribution in [0.15, 0.2) is 30.3 Å². The number of aromatic nitrogens is 2. The van der Waals surface area contributed by atoms with Gasteiger partial charge in [0.15, 0.2) is 5.69 Å². The number of fused-ring (bicyclic) bond motifs is 1. The number of likely N-dealkylation sites (N-methyl/N-ethyl adjacent to an activating group) is 1. The largest absolute Gasteiger partial charge is 0.496 e. The van der Waals surface area contributed by atoms with Crippen molar-refractivity contribution in [3.8, 4) is 22.8 Å². The standard InChI is InChI=1S/C28H38N3O5/c1-31(15-19-9-10-19,21-11-12-36-17-21)28-22(18-33-3)29-30-23(7-6-8-24(28)30)27-25(34-4)13-20(16-32-2)14-26(27)35-5/h6-8,13-14,19,21H,9-12,15-18H2,1-5H3/q+1. The smallest absolute Gasteiger partial charge is 0.184 e. The van der Waals surface area contributed by atoms with E-state index in [1.807, 2.05) is 16.6 Å². The SMILES string of the molecule is COCc1cc(OC)c(-c2cccc3c([N+](C)(CC4CC4)C4CCOC4)c(COC)nn23)c(OC)c1. The van der Waals surface area contributed by atoms with Gasteiger partial charge < -0.3 is 23.7 Å². The maximum atomic E-state index is 5.88. The van der Waals surface area contributed by atoms with Gasteiger partial charge in [0.1, 0.15) is 28.8 Å². The van der Waals surface area contributed by atoms with E-state index in [4.69, 9.17) is 28.8 Å². The summed E-state index contributed by atoms with van der Waals surface area (Å²) in [5, 5.41) is 5.15. The molecule has 5 rings (SSSR count). The summed E-state index contributed by atoms with van der Waals surface area (Å²) in [6, 6.07) is 10.7. The Kier molecular flexibility index (Phi) is 7.21. The number of nitrogens with zero attached hydrogens (tertiary/aromatic N) is 3. The van der Waals surface area contributed by atoms with Gasteiger partial charge in [0.05, 0.1) is 65.5 Å². The van der Waals surface area contributed by atoms with Crippen molar-refractivity contribution in [2.75, 3.05) is 55.2 Å². The highest BCUT2D eigenvalue weighted by Crippen LogP contribution is 2.44. The van der Waals surface area contributed by atoms with Gasteiger partial charge in [-0.05, 0) is 42.7 Å². The summed E-state index contributed by atoms with van der Waals surface area (Å²) in [6.07, 6.45) is 3.65. The molecule has 1 aromatic carbocycles. The first kappa shape index (κ1) is 25.0. The highest BCUT2D eigenvalue weighted by molar-refractivity contribution is 5.82. The van der Waals surface area contributed by atoms with Crippen molar-refractivity contribution in [3.05, 3.63) is 41.6 Å². The van der Waals surface area contributed by atoms with E-state index in [-0.39, 0.29) is 0 Å². The zero-order valence-electron chi connectivity index (χ0n) is 22.1. The van der Waals surface area contributed by atoms with Gasteiger partial charge >= 0.3 is 0 Å². The number of hydrogen-bond acceptors (Lipinski definition) is 6. The molecule has 0 radical (unpaired) electrons. The van der Waals surface area contributed by atoms with E-state index in [1.54, 1.807) is 28.4 Å². The Bertz CT molecular complexity index is 1190. The zero-order chi connectivity index (χ0) is 25.3. The molecule has 36 heavy (non-hydrogen) atoms. The molecule has 0 spiro atoms. The monoisotopic (exact) mass is 496 g/mol. The number of rotatable bonds is 11. The van der Waals surface area contributed by atoms with E-state index in [0.717, 1.165) is 76.1 Å². The van der Waals surface area contributed by atoms with Crippen molar-refractivity contribution < 1.29 is 23.7 Å². The molecule has 0 amide bonds. The predicted octanol–water partition coefficient (Wildman–Crippen LogP) is 4.45. The van der Waals surface area contributed by atoms with Gasteiger partial charge in [-0.15, -0.1) is 0 Å². The predicted molar refractivity (Wildman–Crippen MR) is 140 cm³/mol. The molecule has 0 N–H and O–H groups in total. The summed E-state index contributed by atoms with van der Waals surface area (Å²) in [6.45, 7) is 3.60. The van der Waals surface area contributed by atoms with E-state index >= 15 is 0 Å². The van der Waals surface area contributed by atoms with E-state index in [9.17, 15) is 0 Å². The van der Waals surface area contributed by atoms with Gasteiger partial charge in [-0.2, -0.15) is 5.10 Å². The van der Waals surface area contributed by atoms with Crippen molar-refractivity contribution >= 4 is 11.2 Å². The lowest BCUT2D eigenvalue weighted by Crippen LogP contribution is -2.55. The molecule has 2 aliphatic rings. The molecular weight excluding hydrogens is 458 g/mol. The number of benzene rings is 1. The lowest BCUT2D eigenvalue weighted by atomic mass is 10.0. The molecule has 8 heteroatoms. The first-order chi connectivity index (χ1) is 17.5. The summed E-state index contributed by atoms with van der Waals surface area (Å²) >= 11 is 0. The van der Waals surface area contributed by atoms with E-state index in [0.29, 0.717) is 19.3 Å². The summed E-state index contributed by atoms with van der Waals surface area (Å²) in [5.74, 6) is 2.19. The number of pyridine rings is 1. The third-order valence-corrected chi connectivity index (χ3v) is 7.67. The molecule has 3 heterocycles. The maximum Gasteiger partial charge on any atom is 0.184 e. The molecule has 1 aliphatic carbocycles. The average Bonchev–Trinajstić information content (AvgIpc) is 3.35.